The van der Waals surface area contributed by atoms with Gasteiger partial charge in [0.25, 0.3) is 0 Å². The number of rotatable bonds is 5. The summed E-state index contributed by atoms with van der Waals surface area (Å²) in [6, 6.07) is 16.4. The fraction of sp³-hybridized carbons (Fsp3) is 0.346. The molecule has 1 saturated heterocycles. The van der Waals surface area contributed by atoms with Gasteiger partial charge in [0.15, 0.2) is 5.78 Å². The lowest BCUT2D eigenvalue weighted by Gasteiger charge is -2.33. The van der Waals surface area contributed by atoms with E-state index in [1.54, 1.807) is 6.92 Å². The van der Waals surface area contributed by atoms with Crippen molar-refractivity contribution in [1.82, 2.24) is 4.90 Å². The van der Waals surface area contributed by atoms with E-state index < -0.39 is 0 Å². The number of imide groups is 1. The quantitative estimate of drug-likeness (QED) is 0.389. The van der Waals surface area contributed by atoms with Crippen LogP contribution in [0.2, 0.25) is 0 Å². The van der Waals surface area contributed by atoms with Crippen molar-refractivity contribution in [3.8, 4) is 11.1 Å². The highest BCUT2D eigenvalue weighted by Crippen LogP contribution is 2.37. The third-order valence-corrected chi connectivity index (χ3v) is 6.40. The van der Waals surface area contributed by atoms with Crippen LogP contribution >= 0.6 is 0 Å². The van der Waals surface area contributed by atoms with Crippen LogP contribution < -0.4 is 0 Å². The number of carbonyl (C=O) groups excluding carboxylic acids is 3. The maximum absolute atomic E-state index is 12.0. The molecule has 0 atom stereocenters. The first-order valence-corrected chi connectivity index (χ1v) is 10.7. The van der Waals surface area contributed by atoms with Crippen molar-refractivity contribution >= 4 is 17.6 Å². The number of Topliss-reactive ketones (excluding diaryl/α,β-unsaturated/α-hetero) is 1. The summed E-state index contributed by atoms with van der Waals surface area (Å²) >= 11 is 0. The molecule has 0 bridgehead atoms. The number of hydrogen-bond acceptors (Lipinski definition) is 3. The van der Waals surface area contributed by atoms with Crippen molar-refractivity contribution in [3.63, 3.8) is 0 Å². The number of benzene rings is 2. The van der Waals surface area contributed by atoms with Gasteiger partial charge in [0.1, 0.15) is 0 Å². The molecule has 2 amide bonds. The predicted molar refractivity (Wildman–Crippen MR) is 117 cm³/mol. The van der Waals surface area contributed by atoms with Crippen LogP contribution in [0.4, 0.5) is 0 Å². The van der Waals surface area contributed by atoms with E-state index in [-0.39, 0.29) is 23.6 Å². The molecule has 2 aromatic carbocycles. The van der Waals surface area contributed by atoms with Crippen LogP contribution in [0.25, 0.3) is 11.1 Å². The number of nitrogens with zero attached hydrogens (tertiary/aromatic N) is 1. The normalized spacial score (nSPS) is 21.7. The fourth-order valence-corrected chi connectivity index (χ4v) is 4.68. The Morgan fingerprint density at radius 2 is 1.33 bits per heavy atom. The first-order valence-electron chi connectivity index (χ1n) is 10.7. The number of carbonyl (C=O) groups is 3. The molecular formula is C26H27NO3. The van der Waals surface area contributed by atoms with Gasteiger partial charge in [-0.15, -0.1) is 0 Å². The summed E-state index contributed by atoms with van der Waals surface area (Å²) in [6.07, 6.45) is 4.53. The van der Waals surface area contributed by atoms with Crippen molar-refractivity contribution in [3.05, 3.63) is 71.8 Å². The Balaban J connectivity index is 1.40. The summed E-state index contributed by atoms with van der Waals surface area (Å²) in [5.41, 5.74) is 4.71. The minimum Gasteiger partial charge on any atom is -0.289 e. The van der Waals surface area contributed by atoms with Crippen LogP contribution in [-0.4, -0.2) is 28.5 Å². The van der Waals surface area contributed by atoms with Gasteiger partial charge >= 0.3 is 0 Å². The summed E-state index contributed by atoms with van der Waals surface area (Å²) < 4.78 is 0. The number of ketones is 1. The van der Waals surface area contributed by atoms with Crippen LogP contribution in [0.5, 0.6) is 0 Å². The predicted octanol–water partition coefficient (Wildman–Crippen LogP) is 5.29. The van der Waals surface area contributed by atoms with E-state index in [1.807, 2.05) is 24.3 Å². The number of likely N-dealkylation sites (tertiary alicyclic amines) is 1. The number of hydrogen-bond donors (Lipinski definition) is 0. The van der Waals surface area contributed by atoms with Gasteiger partial charge in [-0.05, 0) is 60.8 Å². The summed E-state index contributed by atoms with van der Waals surface area (Å²) in [7, 11) is 0. The lowest BCUT2D eigenvalue weighted by molar-refractivity contribution is -0.141. The molecule has 0 unspecified atom stereocenters. The molecule has 30 heavy (non-hydrogen) atoms. The van der Waals surface area contributed by atoms with Crippen LogP contribution in [-0.2, 0) is 9.59 Å². The largest absolute Gasteiger partial charge is 0.289 e. The summed E-state index contributed by atoms with van der Waals surface area (Å²) in [4.78, 5) is 37.5. The van der Waals surface area contributed by atoms with Crippen molar-refractivity contribution in [2.75, 3.05) is 0 Å². The Bertz CT molecular complexity index is 964. The molecule has 2 aliphatic rings. The highest BCUT2D eigenvalue weighted by atomic mass is 16.2. The number of allylic oxidation sites excluding steroid dienone is 1. The van der Waals surface area contributed by atoms with Crippen LogP contribution in [0.15, 0.2) is 60.7 Å². The van der Waals surface area contributed by atoms with Crippen LogP contribution in [0.1, 0.15) is 67.3 Å². The highest BCUT2D eigenvalue weighted by molar-refractivity contribution is 6.08. The van der Waals surface area contributed by atoms with Gasteiger partial charge in [-0.25, -0.2) is 0 Å². The molecule has 154 valence electrons. The van der Waals surface area contributed by atoms with E-state index in [9.17, 15) is 14.4 Å². The Morgan fingerprint density at radius 3 is 1.83 bits per heavy atom. The maximum atomic E-state index is 12.0. The first-order chi connectivity index (χ1) is 14.4. The van der Waals surface area contributed by atoms with E-state index in [2.05, 4.69) is 30.8 Å². The second kappa shape index (κ2) is 8.39. The van der Waals surface area contributed by atoms with E-state index in [4.69, 9.17) is 0 Å². The topological polar surface area (TPSA) is 54.5 Å². The third-order valence-electron chi connectivity index (χ3n) is 6.40. The molecule has 1 aliphatic heterocycles. The van der Waals surface area contributed by atoms with Gasteiger partial charge in [0, 0.05) is 24.4 Å². The summed E-state index contributed by atoms with van der Waals surface area (Å²) in [6.45, 7) is 5.44. The van der Waals surface area contributed by atoms with Crippen LogP contribution in [0.3, 0.4) is 0 Å². The Kier molecular flexibility index (Phi) is 5.67. The van der Waals surface area contributed by atoms with Crippen molar-refractivity contribution < 1.29 is 14.4 Å². The Labute approximate surface area is 177 Å². The monoisotopic (exact) mass is 401 g/mol. The minimum atomic E-state index is -0.0233. The lowest BCUT2D eigenvalue weighted by Crippen LogP contribution is -2.41. The minimum absolute atomic E-state index is 0.00349. The molecule has 0 spiro atoms. The van der Waals surface area contributed by atoms with Crippen molar-refractivity contribution in [2.45, 2.75) is 57.4 Å². The smallest absolute Gasteiger partial charge is 0.229 e. The molecule has 2 fully saturated rings. The molecule has 0 aromatic heterocycles. The number of amides is 2. The first kappa shape index (κ1) is 20.3. The van der Waals surface area contributed by atoms with Crippen LogP contribution in [0, 0.1) is 0 Å². The van der Waals surface area contributed by atoms with Gasteiger partial charge in [-0.1, -0.05) is 55.1 Å². The average Bonchev–Trinajstić information content (AvgIpc) is 3.11. The molecule has 2 aromatic rings. The van der Waals surface area contributed by atoms with Gasteiger partial charge in [-0.3, -0.25) is 19.3 Å². The van der Waals surface area contributed by atoms with E-state index in [0.717, 1.165) is 36.8 Å². The Hall–Kier alpha value is -3.01. The molecule has 1 saturated carbocycles. The summed E-state index contributed by atoms with van der Waals surface area (Å²) in [5, 5.41) is 0. The molecule has 4 nitrogen and oxygen atoms in total. The SMILES string of the molecule is C=C(C)C(=O)c1ccc(-c2ccc(C3CCC(N4C(=O)CCC4=O)CC3)cc2)cc1. The second-order valence-corrected chi connectivity index (χ2v) is 8.47. The maximum Gasteiger partial charge on any atom is 0.229 e. The van der Waals surface area contributed by atoms with Crippen molar-refractivity contribution in [1.29, 1.82) is 0 Å². The van der Waals surface area contributed by atoms with Gasteiger partial charge in [-0.2, -0.15) is 0 Å². The lowest BCUT2D eigenvalue weighted by atomic mass is 9.81. The molecule has 0 radical (unpaired) electrons. The molecule has 0 N–H and O–H groups in total. The second-order valence-electron chi connectivity index (χ2n) is 8.47. The van der Waals surface area contributed by atoms with Crippen molar-refractivity contribution in [2.24, 2.45) is 0 Å². The molecule has 1 heterocycles. The molecule has 4 rings (SSSR count). The molecule has 1 aliphatic carbocycles. The standard InChI is InChI=1S/C26H27NO3/c1-17(2)26(30)22-9-7-20(8-10-22)18-3-5-19(6-4-18)21-11-13-23(14-12-21)27-24(28)15-16-25(27)29/h3-10,21,23H,1,11-16H2,2H3. The van der Waals surface area contributed by atoms with Gasteiger partial charge < -0.3 is 0 Å². The van der Waals surface area contributed by atoms with E-state index >= 15 is 0 Å². The van der Waals surface area contributed by atoms with E-state index in [0.29, 0.717) is 29.9 Å². The third kappa shape index (κ3) is 4.00. The zero-order chi connectivity index (χ0) is 21.3. The zero-order valence-corrected chi connectivity index (χ0v) is 17.4. The van der Waals surface area contributed by atoms with E-state index in [1.165, 1.54) is 10.5 Å². The fourth-order valence-electron chi connectivity index (χ4n) is 4.68. The van der Waals surface area contributed by atoms with Gasteiger partial charge in [0.2, 0.25) is 11.8 Å². The molecular weight excluding hydrogens is 374 g/mol. The Morgan fingerprint density at radius 1 is 0.833 bits per heavy atom. The summed E-state index contributed by atoms with van der Waals surface area (Å²) in [5.74, 6) is 0.455. The average molecular weight is 402 g/mol. The van der Waals surface area contributed by atoms with Gasteiger partial charge in [0.05, 0.1) is 0 Å². The highest BCUT2D eigenvalue weighted by Gasteiger charge is 2.37. The zero-order valence-electron chi connectivity index (χ0n) is 17.4. The molecule has 4 heteroatoms.